The zero-order valence-electron chi connectivity index (χ0n) is 9.06. The first-order valence-corrected chi connectivity index (χ1v) is 5.89. The molecule has 0 spiro atoms. The van der Waals surface area contributed by atoms with Crippen LogP contribution in [0.2, 0.25) is 0 Å². The van der Waals surface area contributed by atoms with Gasteiger partial charge in [-0.1, -0.05) is 31.5 Å². The molecule has 0 radical (unpaired) electrons. The van der Waals surface area contributed by atoms with Crippen LogP contribution in [0.15, 0.2) is 11.6 Å². The molecule has 0 amide bonds. The Kier molecular flexibility index (Phi) is 5.53. The fourth-order valence-corrected chi connectivity index (χ4v) is 2.11. The van der Waals surface area contributed by atoms with E-state index in [9.17, 15) is 0 Å². The molecule has 1 unspecified atom stereocenters. The molecular weight excluding hydrogens is 196 g/mol. The summed E-state index contributed by atoms with van der Waals surface area (Å²) in [5.74, 6) is 0. The predicted molar refractivity (Wildman–Crippen MR) is 62.7 cm³/mol. The van der Waals surface area contributed by atoms with Crippen molar-refractivity contribution >= 4 is 11.6 Å². The fourth-order valence-electron chi connectivity index (χ4n) is 1.94. The Morgan fingerprint density at radius 3 is 2.86 bits per heavy atom. The lowest BCUT2D eigenvalue weighted by molar-refractivity contribution is 0.251. The van der Waals surface area contributed by atoms with E-state index in [1.807, 2.05) is 0 Å². The van der Waals surface area contributed by atoms with Crippen LogP contribution in [-0.4, -0.2) is 37.1 Å². The first kappa shape index (κ1) is 12.0. The summed E-state index contributed by atoms with van der Waals surface area (Å²) in [5, 5.41) is 4.28. The van der Waals surface area contributed by atoms with Crippen LogP contribution in [0.1, 0.15) is 26.2 Å². The minimum atomic E-state index is 0.653. The summed E-state index contributed by atoms with van der Waals surface area (Å²) in [4.78, 5) is 2.35. The lowest BCUT2D eigenvalue weighted by Gasteiger charge is -2.29. The molecule has 1 N–H and O–H groups in total. The summed E-state index contributed by atoms with van der Waals surface area (Å²) in [5.41, 5.74) is 0. The van der Waals surface area contributed by atoms with E-state index in [-0.39, 0.29) is 0 Å². The first-order chi connectivity index (χ1) is 6.72. The number of rotatable bonds is 5. The molecule has 14 heavy (non-hydrogen) atoms. The lowest BCUT2D eigenvalue weighted by atomic mass is 10.0. The van der Waals surface area contributed by atoms with Gasteiger partial charge in [0.05, 0.1) is 0 Å². The van der Waals surface area contributed by atoms with Crippen LogP contribution >= 0.6 is 11.6 Å². The second kappa shape index (κ2) is 6.44. The van der Waals surface area contributed by atoms with E-state index in [1.54, 1.807) is 0 Å². The maximum atomic E-state index is 5.81. The molecule has 82 valence electrons. The number of nitrogens with one attached hydrogen (secondary N) is 1. The van der Waals surface area contributed by atoms with Crippen LogP contribution in [0, 0.1) is 0 Å². The molecule has 0 aromatic carbocycles. The third-order valence-corrected chi connectivity index (χ3v) is 2.85. The summed E-state index contributed by atoms with van der Waals surface area (Å²) in [6.45, 7) is 10.0. The maximum Gasteiger partial charge on any atom is 0.0336 e. The second-order valence-corrected chi connectivity index (χ2v) is 4.53. The molecule has 1 aliphatic heterocycles. The second-order valence-electron chi connectivity index (χ2n) is 3.99. The fraction of sp³-hybridized carbons (Fsp3) is 0.818. The minimum Gasteiger partial charge on any atom is -0.313 e. The monoisotopic (exact) mass is 216 g/mol. The number of halogens is 1. The molecule has 2 nitrogen and oxygen atoms in total. The molecule has 3 heteroatoms. The molecule has 1 rings (SSSR count). The summed E-state index contributed by atoms with van der Waals surface area (Å²) >= 11 is 5.81. The number of hydrogen-bond acceptors (Lipinski definition) is 2. The van der Waals surface area contributed by atoms with Crippen LogP contribution < -0.4 is 5.32 Å². The van der Waals surface area contributed by atoms with Gasteiger partial charge in [-0.15, -0.1) is 0 Å². The lowest BCUT2D eigenvalue weighted by Crippen LogP contribution is -2.43. The smallest absolute Gasteiger partial charge is 0.0336 e. The molecule has 1 saturated heterocycles. The van der Waals surface area contributed by atoms with E-state index < -0.39 is 0 Å². The van der Waals surface area contributed by atoms with E-state index in [2.05, 4.69) is 23.7 Å². The van der Waals surface area contributed by atoms with Gasteiger partial charge in [0, 0.05) is 24.2 Å². The topological polar surface area (TPSA) is 15.3 Å². The summed E-state index contributed by atoms with van der Waals surface area (Å²) in [6, 6.07) is 0.653. The van der Waals surface area contributed by atoms with Crippen molar-refractivity contribution in [2.24, 2.45) is 0 Å². The Morgan fingerprint density at radius 2 is 2.36 bits per heavy atom. The molecule has 1 aliphatic rings. The highest BCUT2D eigenvalue weighted by Crippen LogP contribution is 2.10. The van der Waals surface area contributed by atoms with Crippen molar-refractivity contribution in [3.05, 3.63) is 11.6 Å². The maximum absolute atomic E-state index is 5.81. The van der Waals surface area contributed by atoms with E-state index in [1.165, 1.54) is 25.8 Å². The van der Waals surface area contributed by atoms with Crippen LogP contribution in [0.3, 0.4) is 0 Å². The van der Waals surface area contributed by atoms with Crippen molar-refractivity contribution < 1.29 is 0 Å². The normalized spacial score (nSPS) is 22.6. The average molecular weight is 217 g/mol. The SMILES string of the molecule is C=C(Cl)CN(CC)CC1CCCCN1. The summed E-state index contributed by atoms with van der Waals surface area (Å²) < 4.78 is 0. The van der Waals surface area contributed by atoms with Gasteiger partial charge < -0.3 is 5.32 Å². The third kappa shape index (κ3) is 4.45. The van der Waals surface area contributed by atoms with Gasteiger partial charge in [0.2, 0.25) is 0 Å². The standard InChI is InChI=1S/C11H21ClN2/c1-3-14(8-10(2)12)9-11-6-4-5-7-13-11/h11,13H,2-9H2,1H3. The Labute approximate surface area is 92.3 Å². The summed E-state index contributed by atoms with van der Waals surface area (Å²) in [7, 11) is 0. The van der Waals surface area contributed by atoms with Crippen molar-refractivity contribution in [1.82, 2.24) is 10.2 Å². The highest BCUT2D eigenvalue weighted by Gasteiger charge is 2.15. The van der Waals surface area contributed by atoms with E-state index in [4.69, 9.17) is 11.6 Å². The van der Waals surface area contributed by atoms with Gasteiger partial charge in [0.25, 0.3) is 0 Å². The molecule has 0 aliphatic carbocycles. The van der Waals surface area contributed by atoms with Crippen LogP contribution in [0.5, 0.6) is 0 Å². The molecule has 1 fully saturated rings. The molecule has 0 aromatic rings. The zero-order valence-corrected chi connectivity index (χ0v) is 9.82. The molecule has 0 saturated carbocycles. The Hall–Kier alpha value is -0.0500. The van der Waals surface area contributed by atoms with Gasteiger partial charge in [-0.2, -0.15) is 0 Å². The molecule has 1 atom stereocenters. The molecule has 0 aromatic heterocycles. The van der Waals surface area contributed by atoms with Gasteiger partial charge in [0.1, 0.15) is 0 Å². The van der Waals surface area contributed by atoms with Crippen LogP contribution in [-0.2, 0) is 0 Å². The predicted octanol–water partition coefficient (Wildman–Crippen LogP) is 2.20. The van der Waals surface area contributed by atoms with Crippen molar-refractivity contribution in [2.45, 2.75) is 32.2 Å². The van der Waals surface area contributed by atoms with Gasteiger partial charge in [0.15, 0.2) is 0 Å². The first-order valence-electron chi connectivity index (χ1n) is 5.51. The Morgan fingerprint density at radius 1 is 1.57 bits per heavy atom. The number of piperidine rings is 1. The van der Waals surface area contributed by atoms with E-state index in [0.717, 1.165) is 24.7 Å². The van der Waals surface area contributed by atoms with E-state index in [0.29, 0.717) is 6.04 Å². The van der Waals surface area contributed by atoms with Gasteiger partial charge in [-0.05, 0) is 25.9 Å². The van der Waals surface area contributed by atoms with Crippen molar-refractivity contribution in [1.29, 1.82) is 0 Å². The quantitative estimate of drug-likeness (QED) is 0.758. The number of nitrogens with zero attached hydrogens (tertiary/aromatic N) is 1. The molecular formula is C11H21ClN2. The highest BCUT2D eigenvalue weighted by molar-refractivity contribution is 6.29. The number of likely N-dealkylation sites (N-methyl/N-ethyl adjacent to an activating group) is 1. The van der Waals surface area contributed by atoms with Crippen LogP contribution in [0.4, 0.5) is 0 Å². The van der Waals surface area contributed by atoms with Gasteiger partial charge in [-0.25, -0.2) is 0 Å². The zero-order chi connectivity index (χ0) is 10.4. The Bertz CT molecular complexity index is 176. The van der Waals surface area contributed by atoms with Crippen molar-refractivity contribution in [3.63, 3.8) is 0 Å². The van der Waals surface area contributed by atoms with Crippen LogP contribution in [0.25, 0.3) is 0 Å². The molecule has 0 bridgehead atoms. The molecule has 1 heterocycles. The largest absolute Gasteiger partial charge is 0.313 e. The highest BCUT2D eigenvalue weighted by atomic mass is 35.5. The van der Waals surface area contributed by atoms with Crippen molar-refractivity contribution in [2.75, 3.05) is 26.2 Å². The third-order valence-electron chi connectivity index (χ3n) is 2.73. The van der Waals surface area contributed by atoms with Crippen molar-refractivity contribution in [3.8, 4) is 0 Å². The summed E-state index contributed by atoms with van der Waals surface area (Å²) in [6.07, 6.45) is 3.98. The van der Waals surface area contributed by atoms with Gasteiger partial charge in [-0.3, -0.25) is 4.90 Å². The number of hydrogen-bond donors (Lipinski definition) is 1. The van der Waals surface area contributed by atoms with E-state index >= 15 is 0 Å². The average Bonchev–Trinajstić information content (AvgIpc) is 2.17. The Balaban J connectivity index is 2.27. The minimum absolute atomic E-state index is 0.653. The van der Waals surface area contributed by atoms with Gasteiger partial charge >= 0.3 is 0 Å².